The molecule has 0 saturated carbocycles. The van der Waals surface area contributed by atoms with Crippen LogP contribution in [0.2, 0.25) is 0 Å². The quantitative estimate of drug-likeness (QED) is 0.863. The van der Waals surface area contributed by atoms with Gasteiger partial charge in [0.05, 0.1) is 13.2 Å². The molecule has 2 aromatic carbocycles. The Morgan fingerprint density at radius 2 is 2.11 bits per heavy atom. The molecule has 148 valence electrons. The lowest BCUT2D eigenvalue weighted by molar-refractivity contribution is -0.122. The molecule has 28 heavy (non-hydrogen) atoms. The van der Waals surface area contributed by atoms with Crippen LogP contribution in [-0.2, 0) is 17.8 Å². The number of benzene rings is 2. The summed E-state index contributed by atoms with van der Waals surface area (Å²) >= 11 is 0. The van der Waals surface area contributed by atoms with Gasteiger partial charge in [0.25, 0.3) is 0 Å². The van der Waals surface area contributed by atoms with Crippen molar-refractivity contribution in [2.75, 3.05) is 20.2 Å². The molecule has 2 aliphatic rings. The largest absolute Gasteiger partial charge is 0.497 e. The Bertz CT molecular complexity index is 851. The molecule has 0 spiro atoms. The molecule has 0 radical (unpaired) electrons. The minimum atomic E-state index is 0.0677. The molecule has 0 bridgehead atoms. The summed E-state index contributed by atoms with van der Waals surface area (Å²) in [7, 11) is 1.66. The first-order valence-corrected chi connectivity index (χ1v) is 10.1. The Balaban J connectivity index is 1.34. The molecule has 5 nitrogen and oxygen atoms in total. The summed E-state index contributed by atoms with van der Waals surface area (Å²) in [4.78, 5) is 14.9. The van der Waals surface area contributed by atoms with Gasteiger partial charge in [0, 0.05) is 37.7 Å². The normalized spacial score (nSPS) is 21.2. The Morgan fingerprint density at radius 3 is 2.96 bits per heavy atom. The number of aryl methyl sites for hydroxylation is 1. The van der Waals surface area contributed by atoms with Gasteiger partial charge < -0.3 is 14.8 Å². The van der Waals surface area contributed by atoms with E-state index in [1.54, 1.807) is 7.11 Å². The van der Waals surface area contributed by atoms with Crippen molar-refractivity contribution in [2.45, 2.75) is 44.9 Å². The Kier molecular flexibility index (Phi) is 5.53. The minimum Gasteiger partial charge on any atom is -0.497 e. The van der Waals surface area contributed by atoms with Crippen molar-refractivity contribution in [3.63, 3.8) is 0 Å². The first-order chi connectivity index (χ1) is 13.6. The zero-order valence-electron chi connectivity index (χ0n) is 16.6. The number of ether oxygens (including phenoxy) is 2. The van der Waals surface area contributed by atoms with Gasteiger partial charge in [-0.25, -0.2) is 0 Å². The van der Waals surface area contributed by atoms with E-state index in [-0.39, 0.29) is 18.1 Å². The average Bonchev–Trinajstić information content (AvgIpc) is 3.02. The van der Waals surface area contributed by atoms with Crippen LogP contribution in [0.1, 0.15) is 42.5 Å². The third-order valence-electron chi connectivity index (χ3n) is 5.63. The summed E-state index contributed by atoms with van der Waals surface area (Å²) in [6.45, 7) is 4.37. The zero-order valence-corrected chi connectivity index (χ0v) is 16.6. The highest BCUT2D eigenvalue weighted by molar-refractivity contribution is 5.76. The van der Waals surface area contributed by atoms with Crippen LogP contribution in [0.25, 0.3) is 0 Å². The second-order valence-corrected chi connectivity index (χ2v) is 7.74. The fourth-order valence-corrected chi connectivity index (χ4v) is 4.23. The number of fused-ring (bicyclic) bond motifs is 2. The predicted octanol–water partition coefficient (Wildman–Crippen LogP) is 3.47. The molecule has 1 aliphatic carbocycles. The van der Waals surface area contributed by atoms with E-state index < -0.39 is 0 Å². The topological polar surface area (TPSA) is 50.8 Å². The van der Waals surface area contributed by atoms with Crippen LogP contribution < -0.4 is 14.8 Å². The highest BCUT2D eigenvalue weighted by Gasteiger charge is 2.24. The first kappa shape index (κ1) is 18.8. The number of methoxy groups -OCH3 is 1. The maximum absolute atomic E-state index is 12.6. The first-order valence-electron chi connectivity index (χ1n) is 10.1. The van der Waals surface area contributed by atoms with E-state index >= 15 is 0 Å². The lowest BCUT2D eigenvalue weighted by Gasteiger charge is -2.22. The van der Waals surface area contributed by atoms with Gasteiger partial charge >= 0.3 is 0 Å². The maximum atomic E-state index is 12.6. The lowest BCUT2D eigenvalue weighted by Crippen LogP contribution is -2.35. The van der Waals surface area contributed by atoms with E-state index in [9.17, 15) is 4.79 Å². The summed E-state index contributed by atoms with van der Waals surface area (Å²) < 4.78 is 11.4. The summed E-state index contributed by atoms with van der Waals surface area (Å²) in [6, 6.07) is 14.5. The summed E-state index contributed by atoms with van der Waals surface area (Å²) in [5.74, 6) is 1.80. The number of carbonyl (C=O) groups is 1. The van der Waals surface area contributed by atoms with Gasteiger partial charge in [0.15, 0.2) is 0 Å². The van der Waals surface area contributed by atoms with Gasteiger partial charge in [-0.2, -0.15) is 0 Å². The van der Waals surface area contributed by atoms with E-state index in [2.05, 4.69) is 41.4 Å². The Morgan fingerprint density at radius 1 is 1.25 bits per heavy atom. The van der Waals surface area contributed by atoms with Gasteiger partial charge in [0.2, 0.25) is 5.91 Å². The highest BCUT2D eigenvalue weighted by Crippen LogP contribution is 2.31. The van der Waals surface area contributed by atoms with Crippen LogP contribution in [-0.4, -0.2) is 37.1 Å². The minimum absolute atomic E-state index is 0.0677. The highest BCUT2D eigenvalue weighted by atomic mass is 16.5. The van der Waals surface area contributed by atoms with Crippen LogP contribution in [0.5, 0.6) is 11.5 Å². The van der Waals surface area contributed by atoms with Crippen LogP contribution in [0, 0.1) is 0 Å². The molecule has 1 heterocycles. The number of hydrogen-bond acceptors (Lipinski definition) is 4. The van der Waals surface area contributed by atoms with Gasteiger partial charge in [-0.3, -0.25) is 9.69 Å². The molecule has 0 saturated heterocycles. The molecule has 0 fully saturated rings. The molecule has 0 aromatic heterocycles. The average molecular weight is 380 g/mol. The van der Waals surface area contributed by atoms with Crippen molar-refractivity contribution in [2.24, 2.45) is 0 Å². The summed E-state index contributed by atoms with van der Waals surface area (Å²) in [5, 5.41) is 3.22. The van der Waals surface area contributed by atoms with Crippen LogP contribution in [0.4, 0.5) is 0 Å². The number of nitrogens with zero attached hydrogens (tertiary/aromatic N) is 1. The van der Waals surface area contributed by atoms with Gasteiger partial charge in [-0.15, -0.1) is 0 Å². The maximum Gasteiger partial charge on any atom is 0.221 e. The van der Waals surface area contributed by atoms with Crippen molar-refractivity contribution in [3.05, 3.63) is 59.2 Å². The third-order valence-corrected chi connectivity index (χ3v) is 5.63. The van der Waals surface area contributed by atoms with Crippen LogP contribution >= 0.6 is 0 Å². The molecule has 2 aromatic rings. The molecular weight excluding hydrogens is 352 g/mol. The monoisotopic (exact) mass is 380 g/mol. The zero-order chi connectivity index (χ0) is 19.5. The molecule has 2 unspecified atom stereocenters. The summed E-state index contributed by atoms with van der Waals surface area (Å²) in [6.07, 6.45) is 2.60. The van der Waals surface area contributed by atoms with E-state index in [0.717, 1.165) is 49.5 Å². The van der Waals surface area contributed by atoms with E-state index in [0.29, 0.717) is 6.42 Å². The van der Waals surface area contributed by atoms with Crippen LogP contribution in [0.3, 0.4) is 0 Å². The standard InChI is InChI=1S/C23H28N2O3/c1-16-14-25(15-18-7-9-19(27-2)13-22(18)28-16)12-11-23(26)24-21-10-8-17-5-3-4-6-20(17)21/h3-7,9,13,16,21H,8,10-12,14-15H2,1-2H3,(H,24,26). The molecule has 1 N–H and O–H groups in total. The van der Waals surface area contributed by atoms with E-state index in [1.807, 2.05) is 18.2 Å². The van der Waals surface area contributed by atoms with Crippen molar-refractivity contribution in [1.82, 2.24) is 10.2 Å². The van der Waals surface area contributed by atoms with Crippen LogP contribution in [0.15, 0.2) is 42.5 Å². The second kappa shape index (κ2) is 8.23. The smallest absolute Gasteiger partial charge is 0.221 e. The predicted molar refractivity (Wildman–Crippen MR) is 109 cm³/mol. The lowest BCUT2D eigenvalue weighted by atomic mass is 10.1. The molecular formula is C23H28N2O3. The van der Waals surface area contributed by atoms with Crippen molar-refractivity contribution < 1.29 is 14.3 Å². The van der Waals surface area contributed by atoms with Gasteiger partial charge in [0.1, 0.15) is 17.6 Å². The van der Waals surface area contributed by atoms with Gasteiger partial charge in [-0.05, 0) is 37.0 Å². The fraction of sp³-hybridized carbons (Fsp3) is 0.435. The van der Waals surface area contributed by atoms with Crippen molar-refractivity contribution >= 4 is 5.91 Å². The second-order valence-electron chi connectivity index (χ2n) is 7.74. The SMILES string of the molecule is COc1ccc2c(c1)OC(C)CN(CCC(=O)NC1CCc3ccccc31)C2. The number of carbonyl (C=O) groups excluding carboxylic acids is 1. The number of hydrogen-bond donors (Lipinski definition) is 1. The summed E-state index contributed by atoms with van der Waals surface area (Å²) in [5.41, 5.74) is 3.77. The number of nitrogens with one attached hydrogen (secondary N) is 1. The van der Waals surface area contributed by atoms with Crippen molar-refractivity contribution in [1.29, 1.82) is 0 Å². The molecule has 2 atom stereocenters. The molecule has 1 aliphatic heterocycles. The molecule has 4 rings (SSSR count). The number of rotatable bonds is 5. The van der Waals surface area contributed by atoms with E-state index in [4.69, 9.17) is 9.47 Å². The third kappa shape index (κ3) is 4.14. The number of amides is 1. The molecule has 5 heteroatoms. The Hall–Kier alpha value is -2.53. The molecule has 1 amide bonds. The van der Waals surface area contributed by atoms with Crippen molar-refractivity contribution in [3.8, 4) is 11.5 Å². The Labute approximate surface area is 166 Å². The fourth-order valence-electron chi connectivity index (χ4n) is 4.23. The van der Waals surface area contributed by atoms with Gasteiger partial charge in [-0.1, -0.05) is 30.3 Å². The van der Waals surface area contributed by atoms with E-state index in [1.165, 1.54) is 11.1 Å².